The van der Waals surface area contributed by atoms with Crippen molar-refractivity contribution in [2.75, 3.05) is 5.32 Å². The average Bonchev–Trinajstić information content (AvgIpc) is 3.09. The van der Waals surface area contributed by atoms with Crippen molar-refractivity contribution < 1.29 is 4.79 Å². The second-order valence-electron chi connectivity index (χ2n) is 5.51. The Hall–Kier alpha value is -2.63. The minimum atomic E-state index is -0.205. The second-order valence-corrected chi connectivity index (χ2v) is 5.51. The number of nitrogens with zero attached hydrogens (tertiary/aromatic N) is 3. The summed E-state index contributed by atoms with van der Waals surface area (Å²) in [6.07, 6.45) is 7.51. The molecule has 0 spiro atoms. The van der Waals surface area contributed by atoms with E-state index in [0.717, 1.165) is 10.9 Å². The highest BCUT2D eigenvalue weighted by Crippen LogP contribution is 2.40. The van der Waals surface area contributed by atoms with Crippen molar-refractivity contribution in [3.8, 4) is 0 Å². The van der Waals surface area contributed by atoms with Gasteiger partial charge in [-0.05, 0) is 24.8 Å². The molecule has 1 saturated carbocycles. The van der Waals surface area contributed by atoms with E-state index in [1.807, 2.05) is 6.07 Å². The van der Waals surface area contributed by atoms with Gasteiger partial charge in [-0.1, -0.05) is 0 Å². The summed E-state index contributed by atoms with van der Waals surface area (Å²) in [7, 11) is 1.78. The number of anilines is 1. The van der Waals surface area contributed by atoms with Gasteiger partial charge in [-0.15, -0.1) is 0 Å². The molecule has 0 bridgehead atoms. The van der Waals surface area contributed by atoms with Crippen molar-refractivity contribution in [1.82, 2.24) is 19.7 Å². The lowest BCUT2D eigenvalue weighted by molar-refractivity contribution is 0.102. The highest BCUT2D eigenvalue weighted by molar-refractivity contribution is 6.04. The number of aromatic nitrogens is 4. The number of carbonyl (C=O) groups is 1. The van der Waals surface area contributed by atoms with Crippen LogP contribution in [-0.2, 0) is 7.05 Å². The first kappa shape index (κ1) is 12.1. The van der Waals surface area contributed by atoms with Crippen LogP contribution >= 0.6 is 0 Å². The summed E-state index contributed by atoms with van der Waals surface area (Å²) in [6.45, 7) is 0. The minimum absolute atomic E-state index is 0.205. The predicted molar refractivity (Wildman–Crippen MR) is 79.2 cm³/mol. The lowest BCUT2D eigenvalue weighted by Gasteiger charge is -2.02. The molecule has 4 rings (SSSR count). The number of fused-ring (bicyclic) bond motifs is 1. The molecule has 3 aromatic heterocycles. The average molecular weight is 281 g/mol. The highest BCUT2D eigenvalue weighted by atomic mass is 16.1. The predicted octanol–water partition coefficient (Wildman–Crippen LogP) is 2.43. The highest BCUT2D eigenvalue weighted by Gasteiger charge is 2.25. The van der Waals surface area contributed by atoms with Gasteiger partial charge in [0.05, 0.1) is 17.3 Å². The summed E-state index contributed by atoms with van der Waals surface area (Å²) in [5.41, 5.74) is 2.79. The zero-order valence-electron chi connectivity index (χ0n) is 11.6. The maximum atomic E-state index is 12.1. The molecule has 6 nitrogen and oxygen atoms in total. The number of aromatic amines is 1. The molecule has 6 heteroatoms. The Balaban J connectivity index is 1.59. The molecular formula is C15H15N5O. The molecule has 0 saturated heterocycles. The number of nitrogens with one attached hydrogen (secondary N) is 2. The van der Waals surface area contributed by atoms with E-state index in [1.54, 1.807) is 24.1 Å². The van der Waals surface area contributed by atoms with Crippen LogP contribution in [0.15, 0.2) is 30.7 Å². The van der Waals surface area contributed by atoms with Crippen molar-refractivity contribution in [1.29, 1.82) is 0 Å². The van der Waals surface area contributed by atoms with E-state index in [4.69, 9.17) is 0 Å². The van der Waals surface area contributed by atoms with Crippen LogP contribution in [0.25, 0.3) is 10.9 Å². The second kappa shape index (κ2) is 4.44. The zero-order chi connectivity index (χ0) is 14.4. The molecule has 0 aliphatic heterocycles. The molecule has 2 N–H and O–H groups in total. The van der Waals surface area contributed by atoms with E-state index in [2.05, 4.69) is 26.4 Å². The summed E-state index contributed by atoms with van der Waals surface area (Å²) in [6, 6.07) is 4.02. The van der Waals surface area contributed by atoms with E-state index in [0.29, 0.717) is 17.3 Å². The van der Waals surface area contributed by atoms with Gasteiger partial charge in [-0.2, -0.15) is 5.10 Å². The van der Waals surface area contributed by atoms with Crippen LogP contribution in [0.5, 0.6) is 0 Å². The number of rotatable bonds is 3. The van der Waals surface area contributed by atoms with Gasteiger partial charge >= 0.3 is 0 Å². The van der Waals surface area contributed by atoms with Crippen LogP contribution in [-0.4, -0.2) is 25.7 Å². The summed E-state index contributed by atoms with van der Waals surface area (Å²) in [5.74, 6) is 1.01. The van der Waals surface area contributed by atoms with Gasteiger partial charge < -0.3 is 10.3 Å². The molecule has 0 radical (unpaired) electrons. The fourth-order valence-corrected chi connectivity index (χ4v) is 2.46. The first-order chi connectivity index (χ1) is 10.2. The third-order valence-corrected chi connectivity index (χ3v) is 3.75. The summed E-state index contributed by atoms with van der Waals surface area (Å²) in [5, 5.41) is 7.86. The van der Waals surface area contributed by atoms with E-state index < -0.39 is 0 Å². The quantitative estimate of drug-likeness (QED) is 0.774. The topological polar surface area (TPSA) is 75.6 Å². The Morgan fingerprint density at radius 3 is 2.95 bits per heavy atom. The molecule has 3 aromatic rings. The molecular weight excluding hydrogens is 266 g/mol. The van der Waals surface area contributed by atoms with Crippen LogP contribution in [0.4, 0.5) is 5.82 Å². The molecule has 1 amide bonds. The van der Waals surface area contributed by atoms with Gasteiger partial charge in [0.2, 0.25) is 0 Å². The van der Waals surface area contributed by atoms with Gasteiger partial charge in [0, 0.05) is 36.6 Å². The maximum absolute atomic E-state index is 12.1. The third kappa shape index (κ3) is 2.29. The van der Waals surface area contributed by atoms with Crippen LogP contribution in [0.3, 0.4) is 0 Å². The smallest absolute Gasteiger partial charge is 0.260 e. The number of pyridine rings is 1. The maximum Gasteiger partial charge on any atom is 0.260 e. The number of carbonyl (C=O) groups excluding carboxylic acids is 1. The molecule has 0 aromatic carbocycles. The van der Waals surface area contributed by atoms with Crippen LogP contribution in [0, 0.1) is 0 Å². The zero-order valence-corrected chi connectivity index (χ0v) is 11.6. The normalized spacial score (nSPS) is 14.5. The molecule has 1 aliphatic carbocycles. The van der Waals surface area contributed by atoms with Crippen LogP contribution < -0.4 is 5.32 Å². The van der Waals surface area contributed by atoms with Crippen molar-refractivity contribution in [2.45, 2.75) is 18.8 Å². The molecule has 21 heavy (non-hydrogen) atoms. The first-order valence-electron chi connectivity index (χ1n) is 6.98. The van der Waals surface area contributed by atoms with Crippen molar-refractivity contribution in [2.24, 2.45) is 7.05 Å². The fourth-order valence-electron chi connectivity index (χ4n) is 2.46. The van der Waals surface area contributed by atoms with E-state index in [1.165, 1.54) is 24.7 Å². The van der Waals surface area contributed by atoms with E-state index in [9.17, 15) is 4.79 Å². The van der Waals surface area contributed by atoms with Gasteiger partial charge in [0.25, 0.3) is 5.91 Å². The molecule has 3 heterocycles. The largest absolute Gasteiger partial charge is 0.358 e. The Morgan fingerprint density at radius 2 is 2.24 bits per heavy atom. The lowest BCUT2D eigenvalue weighted by Crippen LogP contribution is -2.12. The SMILES string of the molecule is Cn1cc(C(=O)Nc2cc3[nH]c(C4CC4)cc3cn2)cn1. The number of amides is 1. The molecule has 1 fully saturated rings. The molecule has 1 aliphatic rings. The van der Waals surface area contributed by atoms with Crippen molar-refractivity contribution in [3.63, 3.8) is 0 Å². The van der Waals surface area contributed by atoms with Crippen molar-refractivity contribution >= 4 is 22.6 Å². The Bertz CT molecular complexity index is 828. The molecule has 106 valence electrons. The van der Waals surface area contributed by atoms with Gasteiger partial charge in [0.15, 0.2) is 0 Å². The number of H-pyrrole nitrogens is 1. The van der Waals surface area contributed by atoms with Crippen LogP contribution in [0.1, 0.15) is 34.8 Å². The number of hydrogen-bond acceptors (Lipinski definition) is 3. The summed E-state index contributed by atoms with van der Waals surface area (Å²) >= 11 is 0. The molecule has 0 unspecified atom stereocenters. The van der Waals surface area contributed by atoms with Crippen molar-refractivity contribution in [3.05, 3.63) is 42.0 Å². The third-order valence-electron chi connectivity index (χ3n) is 3.75. The summed E-state index contributed by atoms with van der Waals surface area (Å²) < 4.78 is 1.60. The van der Waals surface area contributed by atoms with Gasteiger partial charge in [-0.25, -0.2) is 4.98 Å². The fraction of sp³-hybridized carbons (Fsp3) is 0.267. The van der Waals surface area contributed by atoms with Crippen LogP contribution in [0.2, 0.25) is 0 Å². The van der Waals surface area contributed by atoms with Gasteiger partial charge in [0.1, 0.15) is 5.82 Å². The Kier molecular flexibility index (Phi) is 2.57. The van der Waals surface area contributed by atoms with E-state index in [-0.39, 0.29) is 5.91 Å². The standard InChI is InChI=1S/C15H15N5O/c1-20-8-11(7-17-20)15(21)19-14-5-13-10(6-16-14)4-12(18-13)9-2-3-9/h4-9,18H,2-3H2,1H3,(H,16,19,21). The Morgan fingerprint density at radius 1 is 1.38 bits per heavy atom. The monoisotopic (exact) mass is 281 g/mol. The van der Waals surface area contributed by atoms with Gasteiger partial charge in [-0.3, -0.25) is 9.48 Å². The Labute approximate surface area is 121 Å². The van der Waals surface area contributed by atoms with E-state index >= 15 is 0 Å². The lowest BCUT2D eigenvalue weighted by atomic mass is 10.2. The molecule has 0 atom stereocenters. The minimum Gasteiger partial charge on any atom is -0.358 e. The number of hydrogen-bond donors (Lipinski definition) is 2. The number of aryl methyl sites for hydroxylation is 1. The first-order valence-corrected chi connectivity index (χ1v) is 6.98. The summed E-state index contributed by atoms with van der Waals surface area (Å²) in [4.78, 5) is 19.8.